The van der Waals surface area contributed by atoms with Gasteiger partial charge in [0.1, 0.15) is 6.04 Å². The third-order valence-electron chi connectivity index (χ3n) is 3.38. The average Bonchev–Trinajstić information content (AvgIpc) is 2.80. The average molecular weight is 277 g/mol. The number of aromatic nitrogens is 2. The number of fused-ring (bicyclic) bond motifs is 1. The first-order chi connectivity index (χ1) is 9.65. The molecule has 0 radical (unpaired) electrons. The van der Waals surface area contributed by atoms with E-state index in [1.54, 1.807) is 6.20 Å². The minimum Gasteiger partial charge on any atom is -0.380 e. The third kappa shape index (κ3) is 2.99. The van der Waals surface area contributed by atoms with Crippen molar-refractivity contribution in [3.05, 3.63) is 30.2 Å². The van der Waals surface area contributed by atoms with Gasteiger partial charge in [0, 0.05) is 38.6 Å². The lowest BCUT2D eigenvalue weighted by Gasteiger charge is -2.15. The molecule has 2 aromatic heterocycles. The molecule has 1 amide bonds. The summed E-state index contributed by atoms with van der Waals surface area (Å²) in [6, 6.07) is 1.68. The molecule has 1 N–H and O–H groups in total. The molecule has 0 bridgehead atoms. The Morgan fingerprint density at radius 1 is 1.60 bits per heavy atom. The lowest BCUT2D eigenvalue weighted by atomic mass is 10.2. The number of aryl methyl sites for hydroxylation is 1. The molecule has 20 heavy (non-hydrogen) atoms. The van der Waals surface area contributed by atoms with Gasteiger partial charge in [-0.1, -0.05) is 0 Å². The van der Waals surface area contributed by atoms with Crippen LogP contribution in [0.4, 0.5) is 0 Å². The van der Waals surface area contributed by atoms with Crippen LogP contribution in [0.2, 0.25) is 0 Å². The van der Waals surface area contributed by atoms with E-state index in [9.17, 15) is 4.79 Å². The van der Waals surface area contributed by atoms with E-state index in [0.717, 1.165) is 16.5 Å². The second-order valence-electron chi connectivity index (χ2n) is 4.78. The molecule has 0 fully saturated rings. The van der Waals surface area contributed by atoms with E-state index in [-0.39, 0.29) is 13.4 Å². The van der Waals surface area contributed by atoms with Gasteiger partial charge < -0.3 is 14.6 Å². The minimum atomic E-state index is -0.254. The van der Waals surface area contributed by atoms with Gasteiger partial charge in [0.2, 0.25) is 5.91 Å². The Hall–Kier alpha value is -1.88. The van der Waals surface area contributed by atoms with Crippen LogP contribution in [0.25, 0.3) is 10.9 Å². The van der Waals surface area contributed by atoms with Crippen LogP contribution in [0.5, 0.6) is 0 Å². The summed E-state index contributed by atoms with van der Waals surface area (Å²) >= 11 is 0. The molecular formula is C15H23N3O2. The highest BCUT2D eigenvalue weighted by Gasteiger charge is 2.17. The molecule has 5 nitrogen and oxygen atoms in total. The zero-order valence-electron chi connectivity index (χ0n) is 12.2. The first-order valence-corrected chi connectivity index (χ1v) is 6.91. The zero-order valence-corrected chi connectivity index (χ0v) is 12.2. The van der Waals surface area contributed by atoms with Gasteiger partial charge in [0.15, 0.2) is 0 Å². The molecule has 0 spiro atoms. The van der Waals surface area contributed by atoms with Crippen molar-refractivity contribution < 1.29 is 11.0 Å². The minimum absolute atomic E-state index is 0. The number of rotatable bonds is 6. The molecule has 0 saturated carbocycles. The molecule has 0 aliphatic rings. The molecule has 2 aromatic rings. The number of amides is 1. The van der Waals surface area contributed by atoms with Crippen LogP contribution in [-0.2, 0) is 9.53 Å². The number of ether oxygens (including phenoxy) is 1. The van der Waals surface area contributed by atoms with E-state index < -0.39 is 0 Å². The Balaban J connectivity index is 0.00000220. The van der Waals surface area contributed by atoms with Crippen molar-refractivity contribution in [3.8, 4) is 0 Å². The van der Waals surface area contributed by atoms with Crippen molar-refractivity contribution in [3.63, 3.8) is 0 Å². The molecule has 2 heterocycles. The first kappa shape index (κ1) is 14.5. The summed E-state index contributed by atoms with van der Waals surface area (Å²) in [4.78, 5) is 16.3. The normalized spacial score (nSPS) is 12.6. The summed E-state index contributed by atoms with van der Waals surface area (Å²) in [7, 11) is 0. The van der Waals surface area contributed by atoms with Crippen molar-refractivity contribution in [2.75, 3.05) is 19.8 Å². The van der Waals surface area contributed by atoms with E-state index in [1.165, 1.54) is 0 Å². The lowest BCUT2D eigenvalue weighted by Crippen LogP contribution is -2.33. The smallest absolute Gasteiger partial charge is 0.242 e. The van der Waals surface area contributed by atoms with Crippen LogP contribution in [0.3, 0.4) is 0 Å². The van der Waals surface area contributed by atoms with Crippen LogP contribution in [0, 0.1) is 6.92 Å². The Morgan fingerprint density at radius 2 is 2.40 bits per heavy atom. The van der Waals surface area contributed by atoms with E-state index in [0.29, 0.717) is 19.8 Å². The number of nitrogens with zero attached hydrogens (tertiary/aromatic N) is 2. The number of carbonyl (C=O) groups excluding carboxylic acids is 1. The molecule has 0 aliphatic carbocycles. The summed E-state index contributed by atoms with van der Waals surface area (Å²) in [5.74, 6) is -0.00147. The summed E-state index contributed by atoms with van der Waals surface area (Å²) in [5.41, 5.74) is 2.16. The first-order valence-electron chi connectivity index (χ1n) is 6.91. The highest BCUT2D eigenvalue weighted by molar-refractivity contribution is 5.87. The fourth-order valence-electron chi connectivity index (χ4n) is 2.25. The fourth-order valence-corrected chi connectivity index (χ4v) is 2.25. The summed E-state index contributed by atoms with van der Waals surface area (Å²) < 4.78 is 7.20. The number of hydrogen-bond donors (Lipinski definition) is 1. The molecule has 2 rings (SSSR count). The Kier molecular flexibility index (Phi) is 4.74. The molecule has 0 aliphatic heterocycles. The molecule has 0 aromatic carbocycles. The summed E-state index contributed by atoms with van der Waals surface area (Å²) in [6.45, 7) is 7.61. The maximum atomic E-state index is 12.2. The Bertz CT molecular complexity index is 598. The van der Waals surface area contributed by atoms with Crippen LogP contribution in [-0.4, -0.2) is 35.2 Å². The van der Waals surface area contributed by atoms with E-state index in [2.05, 4.69) is 10.3 Å². The van der Waals surface area contributed by atoms with Crippen molar-refractivity contribution in [1.82, 2.24) is 14.9 Å². The molecule has 5 heteroatoms. The SMILES string of the molecule is CCOCCNC(=O)C(C)n1cc(C)c2cnccc21.[HH]. The van der Waals surface area contributed by atoms with E-state index >= 15 is 0 Å². The monoisotopic (exact) mass is 277 g/mol. The van der Waals surface area contributed by atoms with Crippen molar-refractivity contribution in [1.29, 1.82) is 0 Å². The van der Waals surface area contributed by atoms with E-state index in [1.807, 2.05) is 43.8 Å². The Morgan fingerprint density at radius 3 is 3.15 bits per heavy atom. The largest absolute Gasteiger partial charge is 0.380 e. The fraction of sp³-hybridized carbons (Fsp3) is 0.467. The van der Waals surface area contributed by atoms with Gasteiger partial charge in [-0.15, -0.1) is 0 Å². The zero-order chi connectivity index (χ0) is 14.5. The van der Waals surface area contributed by atoms with Gasteiger partial charge in [0.05, 0.1) is 12.1 Å². The molecule has 1 atom stereocenters. The van der Waals surface area contributed by atoms with Crippen molar-refractivity contribution >= 4 is 16.8 Å². The summed E-state index contributed by atoms with van der Waals surface area (Å²) in [5, 5.41) is 3.97. The maximum Gasteiger partial charge on any atom is 0.242 e. The van der Waals surface area contributed by atoms with Crippen LogP contribution < -0.4 is 5.32 Å². The van der Waals surface area contributed by atoms with Gasteiger partial charge >= 0.3 is 0 Å². The standard InChI is InChI=1S/C15H21N3O2.H2/c1-4-20-8-7-17-15(19)12(3)18-10-11(2)13-9-16-6-5-14(13)18;/h5-6,9-10,12H,4,7-8H2,1-3H3,(H,17,19);1H. The van der Waals surface area contributed by atoms with Gasteiger partial charge in [-0.05, 0) is 32.4 Å². The quantitative estimate of drug-likeness (QED) is 0.824. The predicted molar refractivity (Wildman–Crippen MR) is 80.8 cm³/mol. The number of nitrogens with one attached hydrogen (secondary N) is 1. The topological polar surface area (TPSA) is 56.1 Å². The second-order valence-corrected chi connectivity index (χ2v) is 4.78. The van der Waals surface area contributed by atoms with Gasteiger partial charge in [-0.3, -0.25) is 9.78 Å². The molecule has 1 unspecified atom stereocenters. The van der Waals surface area contributed by atoms with Crippen molar-refractivity contribution in [2.24, 2.45) is 0 Å². The maximum absolute atomic E-state index is 12.2. The van der Waals surface area contributed by atoms with Crippen LogP contribution in [0.15, 0.2) is 24.7 Å². The molecule has 110 valence electrons. The van der Waals surface area contributed by atoms with Gasteiger partial charge in [-0.2, -0.15) is 0 Å². The highest BCUT2D eigenvalue weighted by atomic mass is 16.5. The lowest BCUT2D eigenvalue weighted by molar-refractivity contribution is -0.124. The van der Waals surface area contributed by atoms with Crippen LogP contribution in [0.1, 0.15) is 26.9 Å². The van der Waals surface area contributed by atoms with Crippen LogP contribution >= 0.6 is 0 Å². The Labute approximate surface area is 120 Å². The van der Waals surface area contributed by atoms with Gasteiger partial charge in [0.25, 0.3) is 0 Å². The number of pyridine rings is 1. The highest BCUT2D eigenvalue weighted by Crippen LogP contribution is 2.23. The number of hydrogen-bond acceptors (Lipinski definition) is 3. The van der Waals surface area contributed by atoms with E-state index in [4.69, 9.17) is 4.74 Å². The predicted octanol–water partition coefficient (Wildman–Crippen LogP) is 2.30. The molecular weight excluding hydrogens is 254 g/mol. The third-order valence-corrected chi connectivity index (χ3v) is 3.38. The van der Waals surface area contributed by atoms with Crippen molar-refractivity contribution in [2.45, 2.75) is 26.8 Å². The molecule has 0 saturated heterocycles. The second kappa shape index (κ2) is 6.52. The van der Waals surface area contributed by atoms with Gasteiger partial charge in [-0.25, -0.2) is 0 Å². The summed E-state index contributed by atoms with van der Waals surface area (Å²) in [6.07, 6.45) is 5.58. The number of carbonyl (C=O) groups is 1.